The molecule has 0 aromatic heterocycles. The van der Waals surface area contributed by atoms with E-state index in [1.54, 1.807) is 6.08 Å². The van der Waals surface area contributed by atoms with Crippen molar-refractivity contribution >= 4 is 11.9 Å². The highest BCUT2D eigenvalue weighted by molar-refractivity contribution is 5.70. The lowest BCUT2D eigenvalue weighted by Crippen LogP contribution is -2.28. The number of ether oxygens (including phenoxy) is 2. The van der Waals surface area contributed by atoms with Crippen molar-refractivity contribution in [2.75, 3.05) is 13.2 Å². The van der Waals surface area contributed by atoms with Crippen LogP contribution in [0.4, 0.5) is 0 Å². The lowest BCUT2D eigenvalue weighted by atomic mass is 10.1. The third-order valence-electron chi connectivity index (χ3n) is 6.03. The number of hydrogen-bond acceptors (Lipinski definition) is 6. The summed E-state index contributed by atoms with van der Waals surface area (Å²) in [6.07, 6.45) is 26.8. The number of allylic oxidation sites excluding steroid dienone is 4. The Labute approximate surface area is 226 Å². The molecule has 0 saturated heterocycles. The molecule has 0 aromatic carbocycles. The summed E-state index contributed by atoms with van der Waals surface area (Å²) in [6, 6.07) is 0. The van der Waals surface area contributed by atoms with Gasteiger partial charge in [0.05, 0.1) is 12.7 Å². The van der Waals surface area contributed by atoms with Crippen LogP contribution in [0.2, 0.25) is 0 Å². The molecule has 0 spiro atoms. The minimum atomic E-state index is -0.791. The summed E-state index contributed by atoms with van der Waals surface area (Å²) in [5.41, 5.74) is 0. The number of esters is 2. The molecular weight excluding hydrogens is 468 g/mol. The first kappa shape index (κ1) is 35.1. The van der Waals surface area contributed by atoms with E-state index < -0.39 is 12.2 Å². The molecule has 2 N–H and O–H groups in total. The Bertz CT molecular complexity index is 625. The van der Waals surface area contributed by atoms with Crippen molar-refractivity contribution in [1.29, 1.82) is 0 Å². The van der Waals surface area contributed by atoms with Gasteiger partial charge in [0.1, 0.15) is 6.61 Å². The van der Waals surface area contributed by atoms with Crippen LogP contribution >= 0.6 is 0 Å². The number of unbranched alkanes of at least 4 members (excludes halogenated alkanes) is 11. The van der Waals surface area contributed by atoms with Crippen LogP contribution in [0.25, 0.3) is 0 Å². The fourth-order valence-corrected chi connectivity index (χ4v) is 3.76. The Morgan fingerprint density at radius 2 is 1.38 bits per heavy atom. The van der Waals surface area contributed by atoms with Gasteiger partial charge in [-0.2, -0.15) is 0 Å². The SMILES string of the molecule is CC/C=C/CC(O)/C=C/C=C/CCCCCCCC(=O)O[C@@H](CO)COC(=O)CCCCCCCCC. The van der Waals surface area contributed by atoms with Gasteiger partial charge in [0, 0.05) is 12.8 Å². The lowest BCUT2D eigenvalue weighted by Gasteiger charge is -2.15. The van der Waals surface area contributed by atoms with Crippen LogP contribution in [-0.4, -0.2) is 47.6 Å². The number of carbonyl (C=O) groups is 2. The molecule has 0 aliphatic carbocycles. The monoisotopic (exact) mass is 522 g/mol. The van der Waals surface area contributed by atoms with Crippen LogP contribution < -0.4 is 0 Å². The summed E-state index contributed by atoms with van der Waals surface area (Å²) in [5, 5.41) is 19.2. The van der Waals surface area contributed by atoms with Gasteiger partial charge in [0.2, 0.25) is 0 Å². The number of rotatable bonds is 25. The highest BCUT2D eigenvalue weighted by Gasteiger charge is 2.16. The predicted octanol–water partition coefficient (Wildman–Crippen LogP) is 7.13. The van der Waals surface area contributed by atoms with Crippen molar-refractivity contribution < 1.29 is 29.3 Å². The molecule has 214 valence electrons. The molecule has 0 rings (SSSR count). The average Bonchev–Trinajstić information content (AvgIpc) is 2.89. The summed E-state index contributed by atoms with van der Waals surface area (Å²) in [6.45, 7) is 3.83. The number of aliphatic hydroxyl groups is 2. The Morgan fingerprint density at radius 1 is 0.757 bits per heavy atom. The van der Waals surface area contributed by atoms with Crippen molar-refractivity contribution in [3.8, 4) is 0 Å². The molecule has 37 heavy (non-hydrogen) atoms. The van der Waals surface area contributed by atoms with E-state index in [1.807, 2.05) is 18.2 Å². The molecule has 0 aromatic rings. The van der Waals surface area contributed by atoms with Gasteiger partial charge in [0.25, 0.3) is 0 Å². The first-order valence-electron chi connectivity index (χ1n) is 14.7. The first-order chi connectivity index (χ1) is 18.0. The van der Waals surface area contributed by atoms with Gasteiger partial charge < -0.3 is 19.7 Å². The summed E-state index contributed by atoms with van der Waals surface area (Å²) in [5.74, 6) is -0.657. The molecular formula is C31H54O6. The molecule has 0 fully saturated rings. The smallest absolute Gasteiger partial charge is 0.306 e. The number of hydrogen-bond donors (Lipinski definition) is 2. The van der Waals surface area contributed by atoms with E-state index in [4.69, 9.17) is 9.47 Å². The zero-order chi connectivity index (χ0) is 27.4. The Hall–Kier alpha value is -1.92. The molecule has 6 heteroatoms. The largest absolute Gasteiger partial charge is 0.462 e. The molecule has 1 unspecified atom stereocenters. The Balaban J connectivity index is 3.72. The molecule has 0 aliphatic rings. The lowest BCUT2D eigenvalue weighted by molar-refractivity contribution is -0.161. The fraction of sp³-hybridized carbons (Fsp3) is 0.742. The van der Waals surface area contributed by atoms with E-state index in [0.717, 1.165) is 64.2 Å². The summed E-state index contributed by atoms with van der Waals surface area (Å²) < 4.78 is 10.4. The van der Waals surface area contributed by atoms with Crippen LogP contribution in [0.15, 0.2) is 36.5 Å². The zero-order valence-electron chi connectivity index (χ0n) is 23.6. The van der Waals surface area contributed by atoms with Crippen LogP contribution in [0.1, 0.15) is 123 Å². The maximum atomic E-state index is 12.0. The predicted molar refractivity (Wildman–Crippen MR) is 151 cm³/mol. The minimum absolute atomic E-state index is 0.0881. The van der Waals surface area contributed by atoms with Gasteiger partial charge >= 0.3 is 11.9 Å². The molecule has 0 amide bonds. The van der Waals surface area contributed by atoms with Crippen molar-refractivity contribution in [3.63, 3.8) is 0 Å². The second-order valence-corrected chi connectivity index (χ2v) is 9.65. The zero-order valence-corrected chi connectivity index (χ0v) is 23.6. The van der Waals surface area contributed by atoms with Gasteiger partial charge in [0.15, 0.2) is 6.10 Å². The number of aliphatic hydroxyl groups excluding tert-OH is 2. The van der Waals surface area contributed by atoms with Crippen molar-refractivity contribution in [2.45, 2.75) is 135 Å². The van der Waals surface area contributed by atoms with Gasteiger partial charge in [-0.1, -0.05) is 108 Å². The van der Waals surface area contributed by atoms with Crippen molar-refractivity contribution in [1.82, 2.24) is 0 Å². The van der Waals surface area contributed by atoms with Crippen LogP contribution in [0.3, 0.4) is 0 Å². The standard InChI is InChI=1S/C31H54O6/c1-3-5-7-8-12-16-20-24-30(34)36-27-29(26-32)37-31(35)25-21-17-14-11-9-10-13-15-19-23-28(33)22-18-6-4-2/h6,13,15,18-19,23,28-29,32-33H,3-5,7-12,14,16-17,20-22,24-27H2,1-2H3/b15-13+,18-6+,23-19+/t28?,29-/m0/s1. The summed E-state index contributed by atoms with van der Waals surface area (Å²) in [4.78, 5) is 23.9. The fourth-order valence-electron chi connectivity index (χ4n) is 3.76. The summed E-state index contributed by atoms with van der Waals surface area (Å²) >= 11 is 0. The quantitative estimate of drug-likeness (QED) is 0.0573. The highest BCUT2D eigenvalue weighted by Crippen LogP contribution is 2.11. The van der Waals surface area contributed by atoms with Crippen LogP contribution in [-0.2, 0) is 19.1 Å². The molecule has 0 heterocycles. The Kier molecular flexibility index (Phi) is 25.7. The molecule has 0 radical (unpaired) electrons. The highest BCUT2D eigenvalue weighted by atomic mass is 16.6. The van der Waals surface area contributed by atoms with E-state index in [1.165, 1.54) is 25.7 Å². The molecule has 0 aliphatic heterocycles. The van der Waals surface area contributed by atoms with Crippen molar-refractivity contribution in [2.24, 2.45) is 0 Å². The third kappa shape index (κ3) is 25.5. The van der Waals surface area contributed by atoms with E-state index in [0.29, 0.717) is 19.3 Å². The topological polar surface area (TPSA) is 93.1 Å². The van der Waals surface area contributed by atoms with Gasteiger partial charge in [-0.15, -0.1) is 0 Å². The molecule has 0 saturated carbocycles. The van der Waals surface area contributed by atoms with Gasteiger partial charge in [-0.25, -0.2) is 0 Å². The van der Waals surface area contributed by atoms with Gasteiger partial charge in [-0.3, -0.25) is 9.59 Å². The maximum Gasteiger partial charge on any atom is 0.306 e. The normalized spacial score (nSPS) is 13.5. The van der Waals surface area contributed by atoms with Crippen LogP contribution in [0, 0.1) is 0 Å². The summed E-state index contributed by atoms with van der Waals surface area (Å²) in [7, 11) is 0. The third-order valence-corrected chi connectivity index (χ3v) is 6.03. The first-order valence-corrected chi connectivity index (χ1v) is 14.7. The minimum Gasteiger partial charge on any atom is -0.462 e. The molecule has 6 nitrogen and oxygen atoms in total. The molecule has 2 atom stereocenters. The van der Waals surface area contributed by atoms with E-state index in [2.05, 4.69) is 26.0 Å². The van der Waals surface area contributed by atoms with Crippen molar-refractivity contribution in [3.05, 3.63) is 36.5 Å². The van der Waals surface area contributed by atoms with E-state index in [9.17, 15) is 19.8 Å². The molecule has 0 bridgehead atoms. The van der Waals surface area contributed by atoms with Crippen LogP contribution in [0.5, 0.6) is 0 Å². The van der Waals surface area contributed by atoms with E-state index in [-0.39, 0.29) is 25.2 Å². The second kappa shape index (κ2) is 27.1. The van der Waals surface area contributed by atoms with E-state index >= 15 is 0 Å². The number of carbonyl (C=O) groups excluding carboxylic acids is 2. The Morgan fingerprint density at radius 3 is 2.03 bits per heavy atom. The van der Waals surface area contributed by atoms with Gasteiger partial charge in [-0.05, 0) is 38.5 Å². The average molecular weight is 523 g/mol. The second-order valence-electron chi connectivity index (χ2n) is 9.65. The maximum absolute atomic E-state index is 12.0.